The molecule has 0 amide bonds. The van der Waals surface area contributed by atoms with E-state index in [1.165, 1.54) is 0 Å². The Hall–Kier alpha value is -1.39. The van der Waals surface area contributed by atoms with E-state index in [1.807, 2.05) is 37.3 Å². The number of alkyl halides is 1. The molecule has 0 aliphatic heterocycles. The van der Waals surface area contributed by atoms with E-state index >= 15 is 0 Å². The minimum atomic E-state index is -0.186. The first-order valence-electron chi connectivity index (χ1n) is 5.42. The first kappa shape index (κ1) is 12.1. The number of nitrogens with zero attached hydrogens (tertiary/aromatic N) is 2. The SMILES string of the molecule is CC(Cl)c1n[nH]c(COCc2ccccc2)n1. The molecule has 0 fully saturated rings. The van der Waals surface area contributed by atoms with Gasteiger partial charge in [0.25, 0.3) is 0 Å². The monoisotopic (exact) mass is 251 g/mol. The standard InChI is InChI=1S/C12H14ClN3O/c1-9(13)12-14-11(15-16-12)8-17-7-10-5-3-2-4-6-10/h2-6,9H,7-8H2,1H3,(H,14,15,16). The van der Waals surface area contributed by atoms with E-state index in [2.05, 4.69) is 15.2 Å². The normalized spacial score (nSPS) is 12.6. The predicted molar refractivity (Wildman–Crippen MR) is 65.6 cm³/mol. The molecule has 2 aromatic rings. The van der Waals surface area contributed by atoms with Gasteiger partial charge in [0.1, 0.15) is 6.61 Å². The molecule has 5 heteroatoms. The van der Waals surface area contributed by atoms with Gasteiger partial charge in [-0.1, -0.05) is 30.3 Å². The lowest BCUT2D eigenvalue weighted by molar-refractivity contribution is 0.102. The molecule has 2 rings (SSSR count). The first-order chi connectivity index (χ1) is 8.25. The molecule has 0 aliphatic carbocycles. The van der Waals surface area contributed by atoms with Crippen LogP contribution in [0.4, 0.5) is 0 Å². The topological polar surface area (TPSA) is 50.8 Å². The van der Waals surface area contributed by atoms with Gasteiger partial charge in [-0.05, 0) is 12.5 Å². The molecule has 4 nitrogen and oxygen atoms in total. The summed E-state index contributed by atoms with van der Waals surface area (Å²) in [5.41, 5.74) is 1.14. The maximum atomic E-state index is 5.86. The van der Waals surface area contributed by atoms with Gasteiger partial charge in [-0.2, -0.15) is 5.10 Å². The number of nitrogens with one attached hydrogen (secondary N) is 1. The summed E-state index contributed by atoms with van der Waals surface area (Å²) in [5, 5.41) is 6.61. The number of aromatic amines is 1. The van der Waals surface area contributed by atoms with Gasteiger partial charge in [0, 0.05) is 0 Å². The van der Waals surface area contributed by atoms with Crippen molar-refractivity contribution >= 4 is 11.6 Å². The van der Waals surface area contributed by atoms with Gasteiger partial charge >= 0.3 is 0 Å². The lowest BCUT2D eigenvalue weighted by Crippen LogP contribution is -1.96. The highest BCUT2D eigenvalue weighted by Gasteiger charge is 2.08. The Morgan fingerprint density at radius 1 is 1.29 bits per heavy atom. The highest BCUT2D eigenvalue weighted by molar-refractivity contribution is 6.20. The molecule has 1 N–H and O–H groups in total. The summed E-state index contributed by atoms with van der Waals surface area (Å²) >= 11 is 5.86. The Labute approximate surface area is 105 Å². The number of aromatic nitrogens is 3. The highest BCUT2D eigenvalue weighted by atomic mass is 35.5. The maximum Gasteiger partial charge on any atom is 0.168 e. The van der Waals surface area contributed by atoms with Crippen molar-refractivity contribution in [2.24, 2.45) is 0 Å². The molecule has 1 heterocycles. The Morgan fingerprint density at radius 3 is 2.71 bits per heavy atom. The van der Waals surface area contributed by atoms with Gasteiger partial charge in [-0.3, -0.25) is 5.10 Å². The fourth-order valence-electron chi connectivity index (χ4n) is 1.39. The summed E-state index contributed by atoms with van der Waals surface area (Å²) in [6.45, 7) is 2.80. The lowest BCUT2D eigenvalue weighted by atomic mass is 10.2. The predicted octanol–water partition coefficient (Wildman–Crippen LogP) is 2.82. The lowest BCUT2D eigenvalue weighted by Gasteiger charge is -2.01. The van der Waals surface area contributed by atoms with Crippen LogP contribution in [0.1, 0.15) is 29.5 Å². The molecule has 17 heavy (non-hydrogen) atoms. The third-order valence-electron chi connectivity index (χ3n) is 2.26. The van der Waals surface area contributed by atoms with Crippen molar-refractivity contribution in [2.45, 2.75) is 25.5 Å². The second-order valence-corrected chi connectivity index (χ2v) is 4.39. The number of benzene rings is 1. The molecule has 0 radical (unpaired) electrons. The van der Waals surface area contributed by atoms with Crippen molar-refractivity contribution < 1.29 is 4.74 Å². The van der Waals surface area contributed by atoms with E-state index in [0.29, 0.717) is 24.9 Å². The molecular formula is C12H14ClN3O. The van der Waals surface area contributed by atoms with Crippen LogP contribution in [0, 0.1) is 0 Å². The number of hydrogen-bond donors (Lipinski definition) is 1. The zero-order valence-corrected chi connectivity index (χ0v) is 10.3. The van der Waals surface area contributed by atoms with Crippen molar-refractivity contribution in [3.63, 3.8) is 0 Å². The summed E-state index contributed by atoms with van der Waals surface area (Å²) in [6.07, 6.45) is 0. The van der Waals surface area contributed by atoms with Crippen molar-refractivity contribution in [2.75, 3.05) is 0 Å². The van der Waals surface area contributed by atoms with Crippen molar-refractivity contribution in [3.8, 4) is 0 Å². The number of ether oxygens (including phenoxy) is 1. The summed E-state index contributed by atoms with van der Waals surface area (Å²) in [7, 11) is 0. The van der Waals surface area contributed by atoms with Crippen LogP contribution in [0.2, 0.25) is 0 Å². The van der Waals surface area contributed by atoms with Gasteiger partial charge in [0.05, 0.1) is 12.0 Å². The number of hydrogen-bond acceptors (Lipinski definition) is 3. The van der Waals surface area contributed by atoms with E-state index in [4.69, 9.17) is 16.3 Å². The van der Waals surface area contributed by atoms with Crippen LogP contribution in [0.15, 0.2) is 30.3 Å². The molecule has 0 spiro atoms. The summed E-state index contributed by atoms with van der Waals surface area (Å²) in [5.74, 6) is 1.30. The van der Waals surface area contributed by atoms with E-state index in [1.54, 1.807) is 0 Å². The van der Waals surface area contributed by atoms with Crippen LogP contribution in [0.5, 0.6) is 0 Å². The molecule has 1 atom stereocenters. The minimum absolute atomic E-state index is 0.186. The largest absolute Gasteiger partial charge is 0.369 e. The number of H-pyrrole nitrogens is 1. The van der Waals surface area contributed by atoms with Crippen LogP contribution >= 0.6 is 11.6 Å². The van der Waals surface area contributed by atoms with Gasteiger partial charge < -0.3 is 4.74 Å². The number of rotatable bonds is 5. The molecule has 1 aromatic heterocycles. The molecular weight excluding hydrogens is 238 g/mol. The van der Waals surface area contributed by atoms with E-state index in [9.17, 15) is 0 Å². The van der Waals surface area contributed by atoms with Crippen LogP contribution in [-0.4, -0.2) is 15.2 Å². The summed E-state index contributed by atoms with van der Waals surface area (Å²) in [6, 6.07) is 9.99. The third kappa shape index (κ3) is 3.54. The fraction of sp³-hybridized carbons (Fsp3) is 0.333. The number of halogens is 1. The Kier molecular flexibility index (Phi) is 4.12. The first-order valence-corrected chi connectivity index (χ1v) is 5.86. The maximum absolute atomic E-state index is 5.86. The Bertz CT molecular complexity index is 456. The average molecular weight is 252 g/mol. The summed E-state index contributed by atoms with van der Waals surface area (Å²) < 4.78 is 5.52. The smallest absolute Gasteiger partial charge is 0.168 e. The third-order valence-corrected chi connectivity index (χ3v) is 2.45. The van der Waals surface area contributed by atoms with E-state index in [0.717, 1.165) is 5.56 Å². The van der Waals surface area contributed by atoms with Crippen molar-refractivity contribution in [1.82, 2.24) is 15.2 Å². The van der Waals surface area contributed by atoms with Crippen LogP contribution < -0.4 is 0 Å². The quantitative estimate of drug-likeness (QED) is 0.832. The average Bonchev–Trinajstić information content (AvgIpc) is 2.79. The minimum Gasteiger partial charge on any atom is -0.369 e. The summed E-state index contributed by atoms with van der Waals surface area (Å²) in [4.78, 5) is 4.22. The molecule has 1 unspecified atom stereocenters. The second kappa shape index (κ2) is 5.80. The van der Waals surface area contributed by atoms with Crippen LogP contribution in [-0.2, 0) is 18.0 Å². The zero-order chi connectivity index (χ0) is 12.1. The molecule has 0 saturated heterocycles. The van der Waals surface area contributed by atoms with Crippen LogP contribution in [0.25, 0.3) is 0 Å². The van der Waals surface area contributed by atoms with Gasteiger partial charge in [-0.15, -0.1) is 11.6 Å². The van der Waals surface area contributed by atoms with Crippen molar-refractivity contribution in [3.05, 3.63) is 47.5 Å². The second-order valence-electron chi connectivity index (χ2n) is 3.73. The van der Waals surface area contributed by atoms with Crippen LogP contribution in [0.3, 0.4) is 0 Å². The Morgan fingerprint density at radius 2 is 2.06 bits per heavy atom. The molecule has 0 aliphatic rings. The molecule has 0 saturated carbocycles. The zero-order valence-electron chi connectivity index (χ0n) is 9.56. The fourth-order valence-corrected chi connectivity index (χ4v) is 1.49. The molecule has 90 valence electrons. The van der Waals surface area contributed by atoms with E-state index < -0.39 is 0 Å². The molecule has 0 bridgehead atoms. The van der Waals surface area contributed by atoms with Crippen molar-refractivity contribution in [1.29, 1.82) is 0 Å². The molecule has 1 aromatic carbocycles. The van der Waals surface area contributed by atoms with Gasteiger partial charge in [-0.25, -0.2) is 4.98 Å². The Balaban J connectivity index is 1.82. The van der Waals surface area contributed by atoms with Gasteiger partial charge in [0.15, 0.2) is 11.6 Å². The van der Waals surface area contributed by atoms with E-state index in [-0.39, 0.29) is 5.38 Å². The highest BCUT2D eigenvalue weighted by Crippen LogP contribution is 2.14. The van der Waals surface area contributed by atoms with Gasteiger partial charge in [0.2, 0.25) is 0 Å².